The maximum atomic E-state index is 13.3. The summed E-state index contributed by atoms with van der Waals surface area (Å²) < 4.78 is 0. The van der Waals surface area contributed by atoms with E-state index in [1.807, 2.05) is 72.8 Å². The molecule has 0 bridgehead atoms. The number of carboxylic acids is 1. The molecule has 5 nitrogen and oxygen atoms in total. The number of halogens is 1. The van der Waals surface area contributed by atoms with Crippen LogP contribution in [0.2, 0.25) is 5.02 Å². The number of aryl methyl sites for hydroxylation is 1. The van der Waals surface area contributed by atoms with Crippen molar-refractivity contribution in [2.45, 2.75) is 51.0 Å². The lowest BCUT2D eigenvalue weighted by Crippen LogP contribution is -2.35. The Morgan fingerprint density at radius 2 is 1.75 bits per heavy atom. The van der Waals surface area contributed by atoms with Crippen molar-refractivity contribution < 1.29 is 14.7 Å². The summed E-state index contributed by atoms with van der Waals surface area (Å²) in [5.74, 6) is -0.801. The van der Waals surface area contributed by atoms with Crippen LogP contribution in [0.3, 0.4) is 0 Å². The Morgan fingerprint density at radius 1 is 0.950 bits per heavy atom. The van der Waals surface area contributed by atoms with Gasteiger partial charge in [0.1, 0.15) is 0 Å². The molecular formula is C34H33ClN2O3. The van der Waals surface area contributed by atoms with Gasteiger partial charge in [0.15, 0.2) is 0 Å². The quantitative estimate of drug-likeness (QED) is 0.220. The van der Waals surface area contributed by atoms with Crippen LogP contribution in [-0.2, 0) is 11.2 Å². The van der Waals surface area contributed by atoms with Gasteiger partial charge in [0.2, 0.25) is 5.91 Å². The van der Waals surface area contributed by atoms with Gasteiger partial charge in [-0.1, -0.05) is 85.5 Å². The van der Waals surface area contributed by atoms with Crippen LogP contribution in [0.5, 0.6) is 0 Å². The molecule has 0 aliphatic heterocycles. The summed E-state index contributed by atoms with van der Waals surface area (Å²) in [5.41, 5.74) is 4.74. The Balaban J connectivity index is 1.38. The van der Waals surface area contributed by atoms with Crippen molar-refractivity contribution in [2.24, 2.45) is 5.92 Å². The van der Waals surface area contributed by atoms with Crippen LogP contribution in [0, 0.1) is 5.92 Å². The van der Waals surface area contributed by atoms with E-state index in [9.17, 15) is 14.7 Å². The number of benzene rings is 3. The number of aromatic carboxylic acids is 1. The zero-order valence-electron chi connectivity index (χ0n) is 22.4. The van der Waals surface area contributed by atoms with Crippen LogP contribution >= 0.6 is 11.6 Å². The van der Waals surface area contributed by atoms with E-state index in [-0.39, 0.29) is 17.9 Å². The molecule has 1 aliphatic rings. The molecule has 0 saturated heterocycles. The van der Waals surface area contributed by atoms with E-state index in [4.69, 9.17) is 16.6 Å². The normalized spacial score (nSPS) is 14.8. The number of rotatable bonds is 9. The van der Waals surface area contributed by atoms with Crippen LogP contribution in [-0.4, -0.2) is 22.0 Å². The Morgan fingerprint density at radius 3 is 2.58 bits per heavy atom. The van der Waals surface area contributed by atoms with E-state index >= 15 is 0 Å². The number of carboxylic acid groups (broad SMARTS) is 1. The molecule has 0 radical (unpaired) electrons. The minimum absolute atomic E-state index is 0.0399. The molecule has 1 amide bonds. The van der Waals surface area contributed by atoms with Crippen LogP contribution < -0.4 is 5.32 Å². The van der Waals surface area contributed by atoms with E-state index < -0.39 is 5.97 Å². The first kappa shape index (κ1) is 27.6. The molecule has 2 N–H and O–H groups in total. The van der Waals surface area contributed by atoms with Gasteiger partial charge in [-0.2, -0.15) is 0 Å². The Hall–Kier alpha value is -3.96. The molecular weight excluding hydrogens is 520 g/mol. The van der Waals surface area contributed by atoms with Crippen LogP contribution in [0.1, 0.15) is 77.3 Å². The van der Waals surface area contributed by atoms with Gasteiger partial charge in [-0.15, -0.1) is 0 Å². The predicted molar refractivity (Wildman–Crippen MR) is 161 cm³/mol. The lowest BCUT2D eigenvalue weighted by Gasteiger charge is -2.26. The first-order chi connectivity index (χ1) is 19.5. The molecule has 40 heavy (non-hydrogen) atoms. The van der Waals surface area contributed by atoms with Crippen molar-refractivity contribution in [3.63, 3.8) is 0 Å². The maximum Gasteiger partial charge on any atom is 0.335 e. The number of aromatic nitrogens is 1. The largest absolute Gasteiger partial charge is 0.478 e. The predicted octanol–water partition coefficient (Wildman–Crippen LogP) is 8.13. The zero-order valence-corrected chi connectivity index (χ0v) is 23.1. The summed E-state index contributed by atoms with van der Waals surface area (Å²) in [6.07, 6.45) is 10.3. The fourth-order valence-electron chi connectivity index (χ4n) is 5.48. The molecule has 5 rings (SSSR count). The van der Waals surface area contributed by atoms with E-state index in [2.05, 4.69) is 11.4 Å². The molecule has 1 atom stereocenters. The monoisotopic (exact) mass is 552 g/mol. The first-order valence-corrected chi connectivity index (χ1v) is 14.3. The second-order valence-corrected chi connectivity index (χ2v) is 10.9. The van der Waals surface area contributed by atoms with Crippen molar-refractivity contribution in [1.82, 2.24) is 10.3 Å². The average molecular weight is 553 g/mol. The van der Waals surface area contributed by atoms with Gasteiger partial charge in [0.05, 0.1) is 22.8 Å². The van der Waals surface area contributed by atoms with Gasteiger partial charge in [-0.3, -0.25) is 4.79 Å². The summed E-state index contributed by atoms with van der Waals surface area (Å²) in [4.78, 5) is 29.7. The molecule has 1 unspecified atom stereocenters. The van der Waals surface area contributed by atoms with Gasteiger partial charge < -0.3 is 10.4 Å². The fourth-order valence-corrected chi connectivity index (χ4v) is 5.65. The third kappa shape index (κ3) is 6.97. The average Bonchev–Trinajstić information content (AvgIpc) is 2.98. The van der Waals surface area contributed by atoms with Crippen LogP contribution in [0.4, 0.5) is 0 Å². The molecule has 4 aromatic rings. The Kier molecular flexibility index (Phi) is 8.92. The zero-order chi connectivity index (χ0) is 27.9. The van der Waals surface area contributed by atoms with Crippen LogP contribution in [0.15, 0.2) is 78.9 Å². The molecule has 6 heteroatoms. The van der Waals surface area contributed by atoms with Gasteiger partial charge in [0.25, 0.3) is 0 Å². The third-order valence-electron chi connectivity index (χ3n) is 7.68. The Labute approximate surface area is 239 Å². The van der Waals surface area contributed by atoms with E-state index in [1.165, 1.54) is 6.42 Å². The number of hydrogen-bond acceptors (Lipinski definition) is 3. The number of carbonyl (C=O) groups is 2. The van der Waals surface area contributed by atoms with Crippen LogP contribution in [0.25, 0.3) is 23.1 Å². The maximum absolute atomic E-state index is 13.3. The first-order valence-electron chi connectivity index (χ1n) is 13.9. The summed E-state index contributed by atoms with van der Waals surface area (Å²) >= 11 is 6.15. The van der Waals surface area contributed by atoms with Gasteiger partial charge in [0, 0.05) is 16.3 Å². The topological polar surface area (TPSA) is 79.3 Å². The van der Waals surface area contributed by atoms with E-state index in [0.29, 0.717) is 23.4 Å². The highest BCUT2D eigenvalue weighted by atomic mass is 35.5. The van der Waals surface area contributed by atoms with Crippen molar-refractivity contribution in [1.29, 1.82) is 0 Å². The number of hydrogen-bond donors (Lipinski definition) is 2. The molecule has 1 heterocycles. The number of nitrogens with zero attached hydrogens (tertiary/aromatic N) is 1. The molecule has 1 fully saturated rings. The van der Waals surface area contributed by atoms with Crippen molar-refractivity contribution >= 4 is 46.5 Å². The van der Waals surface area contributed by atoms with Crippen molar-refractivity contribution in [2.75, 3.05) is 0 Å². The van der Waals surface area contributed by atoms with Gasteiger partial charge >= 0.3 is 5.97 Å². The number of carbonyl (C=O) groups excluding carboxylic acids is 1. The third-order valence-corrected chi connectivity index (χ3v) is 7.91. The van der Waals surface area contributed by atoms with Crippen molar-refractivity contribution in [3.05, 3.63) is 112 Å². The minimum Gasteiger partial charge on any atom is -0.478 e. The minimum atomic E-state index is -0.935. The molecule has 1 aliphatic carbocycles. The molecule has 1 aromatic heterocycles. The summed E-state index contributed by atoms with van der Waals surface area (Å²) in [6.45, 7) is 0. The highest BCUT2D eigenvalue weighted by molar-refractivity contribution is 6.31. The molecule has 0 spiro atoms. The summed E-state index contributed by atoms with van der Waals surface area (Å²) in [7, 11) is 0. The second kappa shape index (κ2) is 12.9. The van der Waals surface area contributed by atoms with Gasteiger partial charge in [-0.05, 0) is 78.8 Å². The molecule has 1 saturated carbocycles. The summed E-state index contributed by atoms with van der Waals surface area (Å²) in [5, 5.41) is 14.6. The summed E-state index contributed by atoms with van der Waals surface area (Å²) in [6, 6.07) is 24.7. The standard InChI is InChI=1S/C34H33ClN2O3/c35-28-17-14-25-15-19-29(36-32(25)22-28)18-13-23-7-6-11-27(21-23)31(37-33(38)26-9-2-1-3-10-26)20-16-24-8-4-5-12-30(24)34(39)40/h4-8,11-15,17-19,21-22,26,31H,1-3,9-10,16,20H2,(H,37,38)(H,39,40)/b18-13+. The number of nitrogens with one attached hydrogen (secondary N) is 1. The highest BCUT2D eigenvalue weighted by Crippen LogP contribution is 2.27. The van der Waals surface area contributed by atoms with E-state index in [1.54, 1.807) is 12.1 Å². The van der Waals surface area contributed by atoms with E-state index in [0.717, 1.165) is 59.0 Å². The second-order valence-electron chi connectivity index (χ2n) is 10.5. The molecule has 3 aromatic carbocycles. The van der Waals surface area contributed by atoms with Gasteiger partial charge in [-0.25, -0.2) is 9.78 Å². The fraction of sp³-hybridized carbons (Fsp3) is 0.265. The lowest BCUT2D eigenvalue weighted by molar-refractivity contribution is -0.126. The SMILES string of the molecule is O=C(O)c1ccccc1CCC(NC(=O)C1CCCCC1)c1cccc(/C=C/c2ccc3ccc(Cl)cc3n2)c1. The molecule has 204 valence electrons. The van der Waals surface area contributed by atoms with Crippen molar-refractivity contribution in [3.8, 4) is 0 Å². The number of fused-ring (bicyclic) bond motifs is 1. The Bertz CT molecular complexity index is 1540. The number of amides is 1. The smallest absolute Gasteiger partial charge is 0.335 e. The number of pyridine rings is 1. The highest BCUT2D eigenvalue weighted by Gasteiger charge is 2.24. The lowest BCUT2D eigenvalue weighted by atomic mass is 9.88.